The van der Waals surface area contributed by atoms with Crippen molar-refractivity contribution in [1.82, 2.24) is 5.32 Å². The third-order valence-corrected chi connectivity index (χ3v) is 5.06. The molecule has 1 aromatic rings. The van der Waals surface area contributed by atoms with Gasteiger partial charge in [-0.15, -0.1) is 11.3 Å². The Kier molecular flexibility index (Phi) is 5.67. The first-order chi connectivity index (χ1) is 8.85. The summed E-state index contributed by atoms with van der Waals surface area (Å²) in [5.41, 5.74) is 0. The van der Waals surface area contributed by atoms with Crippen LogP contribution in [-0.4, -0.2) is 17.8 Å². The molecule has 1 aliphatic carbocycles. The van der Waals surface area contributed by atoms with Gasteiger partial charge in [0.05, 0.1) is 0 Å². The molecule has 2 nitrogen and oxygen atoms in total. The number of rotatable bonds is 7. The SMILES string of the molecule is CCC(CCO)NC(c1cccs1)C1CCCC1. The summed E-state index contributed by atoms with van der Waals surface area (Å²) in [4.78, 5) is 1.47. The highest BCUT2D eigenvalue weighted by atomic mass is 32.1. The van der Waals surface area contributed by atoms with Gasteiger partial charge >= 0.3 is 0 Å². The molecular formula is C15H25NOS. The Bertz CT molecular complexity index is 319. The zero-order chi connectivity index (χ0) is 12.8. The van der Waals surface area contributed by atoms with E-state index in [9.17, 15) is 0 Å². The van der Waals surface area contributed by atoms with Crippen LogP contribution in [0.3, 0.4) is 0 Å². The lowest BCUT2D eigenvalue weighted by Gasteiger charge is -2.28. The molecular weight excluding hydrogens is 242 g/mol. The van der Waals surface area contributed by atoms with Crippen molar-refractivity contribution in [3.63, 3.8) is 0 Å². The molecule has 1 heterocycles. The van der Waals surface area contributed by atoms with Gasteiger partial charge in [0.1, 0.15) is 0 Å². The third kappa shape index (κ3) is 3.56. The minimum Gasteiger partial charge on any atom is -0.396 e. The van der Waals surface area contributed by atoms with Gasteiger partial charge in [0.25, 0.3) is 0 Å². The second-order valence-electron chi connectivity index (χ2n) is 5.32. The van der Waals surface area contributed by atoms with E-state index in [0.29, 0.717) is 12.1 Å². The maximum absolute atomic E-state index is 9.14. The van der Waals surface area contributed by atoms with Crippen LogP contribution >= 0.6 is 11.3 Å². The van der Waals surface area contributed by atoms with Crippen molar-refractivity contribution in [2.24, 2.45) is 5.92 Å². The van der Waals surface area contributed by atoms with Crippen LogP contribution in [0.15, 0.2) is 17.5 Å². The fraction of sp³-hybridized carbons (Fsp3) is 0.733. The van der Waals surface area contributed by atoms with Crippen molar-refractivity contribution >= 4 is 11.3 Å². The van der Waals surface area contributed by atoms with E-state index in [1.54, 1.807) is 0 Å². The van der Waals surface area contributed by atoms with Crippen LogP contribution in [0.4, 0.5) is 0 Å². The quantitative estimate of drug-likeness (QED) is 0.789. The molecule has 1 saturated carbocycles. The lowest BCUT2D eigenvalue weighted by Crippen LogP contribution is -2.36. The van der Waals surface area contributed by atoms with Crippen LogP contribution in [-0.2, 0) is 0 Å². The lowest BCUT2D eigenvalue weighted by atomic mass is 9.95. The molecule has 3 heteroatoms. The number of hydrogen-bond donors (Lipinski definition) is 2. The number of thiophene rings is 1. The van der Waals surface area contributed by atoms with E-state index < -0.39 is 0 Å². The molecule has 0 aliphatic heterocycles. The first-order valence-electron chi connectivity index (χ1n) is 7.25. The highest BCUT2D eigenvalue weighted by Gasteiger charge is 2.28. The number of hydrogen-bond acceptors (Lipinski definition) is 3. The molecule has 0 spiro atoms. The van der Waals surface area contributed by atoms with Crippen LogP contribution in [0.25, 0.3) is 0 Å². The predicted molar refractivity (Wildman–Crippen MR) is 77.9 cm³/mol. The molecule has 0 aromatic carbocycles. The molecule has 2 atom stereocenters. The topological polar surface area (TPSA) is 32.3 Å². The smallest absolute Gasteiger partial charge is 0.0445 e. The molecule has 0 saturated heterocycles. The van der Waals surface area contributed by atoms with Crippen molar-refractivity contribution < 1.29 is 5.11 Å². The standard InChI is InChI=1S/C15H25NOS/c1-2-13(9-10-17)16-15(12-6-3-4-7-12)14-8-5-11-18-14/h5,8,11-13,15-17H,2-4,6-7,9-10H2,1H3. The second kappa shape index (κ2) is 7.27. The molecule has 18 heavy (non-hydrogen) atoms. The van der Waals surface area contributed by atoms with E-state index in [0.717, 1.165) is 18.8 Å². The van der Waals surface area contributed by atoms with Gasteiger partial charge in [0.15, 0.2) is 0 Å². The van der Waals surface area contributed by atoms with Crippen molar-refractivity contribution in [1.29, 1.82) is 0 Å². The Morgan fingerprint density at radius 3 is 2.78 bits per heavy atom. The van der Waals surface area contributed by atoms with E-state index >= 15 is 0 Å². The summed E-state index contributed by atoms with van der Waals surface area (Å²) >= 11 is 1.86. The molecule has 1 fully saturated rings. The number of nitrogens with one attached hydrogen (secondary N) is 1. The van der Waals surface area contributed by atoms with Crippen molar-refractivity contribution in [3.8, 4) is 0 Å². The van der Waals surface area contributed by atoms with E-state index in [1.807, 2.05) is 11.3 Å². The summed E-state index contributed by atoms with van der Waals surface area (Å²) in [6.07, 6.45) is 7.42. The van der Waals surface area contributed by atoms with Gasteiger partial charge in [-0.3, -0.25) is 0 Å². The molecule has 0 amide bonds. The van der Waals surface area contributed by atoms with E-state index in [-0.39, 0.29) is 6.61 Å². The van der Waals surface area contributed by atoms with Crippen LogP contribution in [0.1, 0.15) is 56.4 Å². The molecule has 2 rings (SSSR count). The zero-order valence-electron chi connectivity index (χ0n) is 11.3. The van der Waals surface area contributed by atoms with Gasteiger partial charge < -0.3 is 10.4 Å². The van der Waals surface area contributed by atoms with Crippen molar-refractivity contribution in [3.05, 3.63) is 22.4 Å². The van der Waals surface area contributed by atoms with Crippen molar-refractivity contribution in [2.75, 3.05) is 6.61 Å². The minimum atomic E-state index is 0.285. The summed E-state index contributed by atoms with van der Waals surface area (Å²) in [6.45, 7) is 2.49. The maximum Gasteiger partial charge on any atom is 0.0445 e. The largest absolute Gasteiger partial charge is 0.396 e. The first-order valence-corrected chi connectivity index (χ1v) is 8.13. The monoisotopic (exact) mass is 267 g/mol. The van der Waals surface area contributed by atoms with E-state index in [4.69, 9.17) is 5.11 Å². The Labute approximate surface area is 114 Å². The summed E-state index contributed by atoms with van der Waals surface area (Å²) in [6, 6.07) is 5.36. The maximum atomic E-state index is 9.14. The van der Waals surface area contributed by atoms with Gasteiger partial charge in [-0.1, -0.05) is 25.8 Å². The Balaban J connectivity index is 2.04. The molecule has 1 aromatic heterocycles. The lowest BCUT2D eigenvalue weighted by molar-refractivity contribution is 0.242. The van der Waals surface area contributed by atoms with Gasteiger partial charge in [0, 0.05) is 23.6 Å². The number of aliphatic hydroxyl groups excluding tert-OH is 1. The molecule has 1 aliphatic rings. The Hall–Kier alpha value is -0.380. The van der Waals surface area contributed by atoms with Gasteiger partial charge in [-0.05, 0) is 43.0 Å². The Morgan fingerprint density at radius 2 is 2.22 bits per heavy atom. The summed E-state index contributed by atoms with van der Waals surface area (Å²) < 4.78 is 0. The predicted octanol–water partition coefficient (Wildman–Crippen LogP) is 3.73. The Morgan fingerprint density at radius 1 is 1.44 bits per heavy atom. The van der Waals surface area contributed by atoms with Gasteiger partial charge in [-0.25, -0.2) is 0 Å². The van der Waals surface area contributed by atoms with Crippen LogP contribution in [0.5, 0.6) is 0 Å². The molecule has 102 valence electrons. The third-order valence-electron chi connectivity index (χ3n) is 4.11. The van der Waals surface area contributed by atoms with Gasteiger partial charge in [0.2, 0.25) is 0 Å². The number of aliphatic hydroxyl groups is 1. The van der Waals surface area contributed by atoms with E-state index in [2.05, 4.69) is 29.8 Å². The molecule has 0 bridgehead atoms. The average Bonchev–Trinajstić information content (AvgIpc) is 3.06. The molecule has 2 N–H and O–H groups in total. The highest BCUT2D eigenvalue weighted by Crippen LogP contribution is 2.37. The summed E-state index contributed by atoms with van der Waals surface area (Å²) in [5.74, 6) is 0.788. The normalized spacial score (nSPS) is 20.1. The van der Waals surface area contributed by atoms with Crippen LogP contribution < -0.4 is 5.32 Å². The zero-order valence-corrected chi connectivity index (χ0v) is 12.1. The second-order valence-corrected chi connectivity index (χ2v) is 6.30. The summed E-state index contributed by atoms with van der Waals surface area (Å²) in [5, 5.41) is 15.1. The fourth-order valence-electron chi connectivity index (χ4n) is 3.02. The van der Waals surface area contributed by atoms with Crippen LogP contribution in [0, 0.1) is 5.92 Å². The summed E-state index contributed by atoms with van der Waals surface area (Å²) in [7, 11) is 0. The average molecular weight is 267 g/mol. The van der Waals surface area contributed by atoms with Crippen LogP contribution in [0.2, 0.25) is 0 Å². The molecule has 2 unspecified atom stereocenters. The fourth-order valence-corrected chi connectivity index (χ4v) is 3.90. The molecule has 0 radical (unpaired) electrons. The first kappa shape index (κ1) is 14.0. The highest BCUT2D eigenvalue weighted by molar-refractivity contribution is 7.10. The minimum absolute atomic E-state index is 0.285. The van der Waals surface area contributed by atoms with Gasteiger partial charge in [-0.2, -0.15) is 0 Å². The van der Waals surface area contributed by atoms with Crippen molar-refractivity contribution in [2.45, 2.75) is 57.5 Å². The van der Waals surface area contributed by atoms with E-state index in [1.165, 1.54) is 30.6 Å².